The quantitative estimate of drug-likeness (QED) is 0.650. The van der Waals surface area contributed by atoms with E-state index in [0.29, 0.717) is 0 Å². The van der Waals surface area contributed by atoms with Crippen molar-refractivity contribution in [3.05, 3.63) is 34.9 Å². The highest BCUT2D eigenvalue weighted by Crippen LogP contribution is 2.29. The summed E-state index contributed by atoms with van der Waals surface area (Å²) in [6, 6.07) is 8.36. The Morgan fingerprint density at radius 2 is 2.00 bits per heavy atom. The van der Waals surface area contributed by atoms with Crippen LogP contribution in [0.25, 0.3) is 10.8 Å². The van der Waals surface area contributed by atoms with Gasteiger partial charge in [0.1, 0.15) is 5.82 Å². The Labute approximate surface area is 131 Å². The van der Waals surface area contributed by atoms with Gasteiger partial charge in [0.05, 0.1) is 0 Å². The van der Waals surface area contributed by atoms with Crippen LogP contribution in [0.2, 0.25) is 0 Å². The van der Waals surface area contributed by atoms with Crippen LogP contribution in [0.4, 0.5) is 5.82 Å². The third-order valence-electron chi connectivity index (χ3n) is 3.17. The molecule has 0 aliphatic carbocycles. The number of hydrogen-bond donors (Lipinski definition) is 0. The zero-order valence-corrected chi connectivity index (χ0v) is 14.2. The van der Waals surface area contributed by atoms with E-state index in [0.717, 1.165) is 28.7 Å². The minimum atomic E-state index is 0.961. The maximum absolute atomic E-state index is 4.60. The number of benzene rings is 1. The average molecular weight is 386 g/mol. The molecule has 1 aromatic heterocycles. The number of halogens is 2. The Bertz CT molecular complexity index is 543. The van der Waals surface area contributed by atoms with E-state index in [1.807, 2.05) is 6.20 Å². The van der Waals surface area contributed by atoms with Gasteiger partial charge in [-0.25, -0.2) is 4.98 Å². The summed E-state index contributed by atoms with van der Waals surface area (Å²) >= 11 is 7.16. The maximum Gasteiger partial charge on any atom is 0.136 e. The largest absolute Gasteiger partial charge is 0.355 e. The van der Waals surface area contributed by atoms with E-state index in [4.69, 9.17) is 0 Å². The van der Waals surface area contributed by atoms with Gasteiger partial charge in [0.2, 0.25) is 0 Å². The van der Waals surface area contributed by atoms with Crippen molar-refractivity contribution in [2.45, 2.75) is 19.8 Å². The van der Waals surface area contributed by atoms with Crippen molar-refractivity contribution in [1.29, 1.82) is 0 Å². The van der Waals surface area contributed by atoms with Gasteiger partial charge in [-0.05, 0) is 18.6 Å². The summed E-state index contributed by atoms with van der Waals surface area (Å²) in [4.78, 5) is 6.97. The molecule has 2 aromatic rings. The Morgan fingerprint density at radius 3 is 2.74 bits per heavy atom. The molecule has 0 aliphatic rings. The monoisotopic (exact) mass is 384 g/mol. The first-order chi connectivity index (χ1) is 9.27. The van der Waals surface area contributed by atoms with Crippen LogP contribution in [0.15, 0.2) is 34.9 Å². The van der Waals surface area contributed by atoms with Crippen LogP contribution >= 0.6 is 31.9 Å². The first-order valence-electron chi connectivity index (χ1n) is 6.62. The zero-order chi connectivity index (χ0) is 13.7. The molecule has 0 atom stereocenters. The van der Waals surface area contributed by atoms with Crippen LogP contribution in [0, 0.1) is 0 Å². The normalized spacial score (nSPS) is 10.9. The van der Waals surface area contributed by atoms with E-state index in [9.17, 15) is 0 Å². The summed E-state index contributed by atoms with van der Waals surface area (Å²) < 4.78 is 1.13. The number of alkyl halides is 1. The minimum absolute atomic E-state index is 0.961. The van der Waals surface area contributed by atoms with Crippen LogP contribution in [0.3, 0.4) is 0 Å². The molecule has 102 valence electrons. The van der Waals surface area contributed by atoms with Crippen molar-refractivity contribution in [3.8, 4) is 0 Å². The molecule has 0 aliphatic heterocycles. The highest BCUT2D eigenvalue weighted by molar-refractivity contribution is 9.10. The molecule has 0 unspecified atom stereocenters. The standard InChI is InChI=1S/C15H18Br2N2/c1-2-3-10-19(11-8-16)15-13-5-4-6-14(17)12(13)7-9-18-15/h4-7,9H,2-3,8,10-11H2,1H3. The van der Waals surface area contributed by atoms with E-state index in [2.05, 4.69) is 72.9 Å². The Balaban J connectivity index is 2.43. The Kier molecular flexibility index (Phi) is 5.64. The Morgan fingerprint density at radius 1 is 1.16 bits per heavy atom. The SMILES string of the molecule is CCCCN(CCBr)c1nccc2c(Br)cccc12. The van der Waals surface area contributed by atoms with E-state index in [-0.39, 0.29) is 0 Å². The lowest BCUT2D eigenvalue weighted by molar-refractivity contribution is 0.730. The number of rotatable bonds is 6. The molecule has 2 nitrogen and oxygen atoms in total. The molecule has 1 aromatic carbocycles. The first-order valence-corrected chi connectivity index (χ1v) is 8.53. The van der Waals surface area contributed by atoms with Gasteiger partial charge in [-0.2, -0.15) is 0 Å². The second kappa shape index (κ2) is 7.25. The van der Waals surface area contributed by atoms with Gasteiger partial charge in [-0.3, -0.25) is 0 Å². The summed E-state index contributed by atoms with van der Waals surface area (Å²) in [5, 5.41) is 3.40. The molecule has 0 N–H and O–H groups in total. The predicted octanol–water partition coefficient (Wildman–Crippen LogP) is 5.00. The van der Waals surface area contributed by atoms with Crippen LogP contribution in [-0.4, -0.2) is 23.4 Å². The van der Waals surface area contributed by atoms with Crippen molar-refractivity contribution >= 4 is 48.5 Å². The fourth-order valence-corrected chi connectivity index (χ4v) is 3.11. The molecule has 0 radical (unpaired) electrons. The van der Waals surface area contributed by atoms with E-state index in [1.165, 1.54) is 23.6 Å². The van der Waals surface area contributed by atoms with Crippen molar-refractivity contribution in [3.63, 3.8) is 0 Å². The van der Waals surface area contributed by atoms with E-state index < -0.39 is 0 Å². The van der Waals surface area contributed by atoms with Gasteiger partial charge in [-0.1, -0.05) is 57.3 Å². The molecule has 0 fully saturated rings. The first kappa shape index (κ1) is 14.8. The fraction of sp³-hybridized carbons (Fsp3) is 0.400. The zero-order valence-electron chi connectivity index (χ0n) is 11.1. The summed E-state index contributed by atoms with van der Waals surface area (Å²) in [6.45, 7) is 4.26. The summed E-state index contributed by atoms with van der Waals surface area (Å²) in [6.07, 6.45) is 4.29. The lowest BCUT2D eigenvalue weighted by Crippen LogP contribution is -2.27. The highest BCUT2D eigenvalue weighted by atomic mass is 79.9. The number of unbranched alkanes of at least 4 members (excludes halogenated alkanes) is 1. The lowest BCUT2D eigenvalue weighted by atomic mass is 10.1. The van der Waals surface area contributed by atoms with Gasteiger partial charge in [0.25, 0.3) is 0 Å². The van der Waals surface area contributed by atoms with Gasteiger partial charge in [0, 0.05) is 39.9 Å². The molecule has 2 rings (SSSR count). The van der Waals surface area contributed by atoms with Crippen molar-refractivity contribution in [2.24, 2.45) is 0 Å². The van der Waals surface area contributed by atoms with Crippen molar-refractivity contribution < 1.29 is 0 Å². The minimum Gasteiger partial charge on any atom is -0.355 e. The fourth-order valence-electron chi connectivity index (χ4n) is 2.18. The van der Waals surface area contributed by atoms with Gasteiger partial charge < -0.3 is 4.90 Å². The number of anilines is 1. The molecule has 0 saturated heterocycles. The molecule has 0 amide bonds. The smallest absolute Gasteiger partial charge is 0.136 e. The highest BCUT2D eigenvalue weighted by Gasteiger charge is 2.11. The maximum atomic E-state index is 4.60. The number of aromatic nitrogens is 1. The molecular formula is C15H18Br2N2. The summed E-state index contributed by atoms with van der Waals surface area (Å²) in [7, 11) is 0. The number of nitrogens with zero attached hydrogens (tertiary/aromatic N) is 2. The van der Waals surface area contributed by atoms with Gasteiger partial charge in [-0.15, -0.1) is 0 Å². The van der Waals surface area contributed by atoms with E-state index in [1.54, 1.807) is 0 Å². The number of fused-ring (bicyclic) bond motifs is 1. The summed E-state index contributed by atoms with van der Waals surface area (Å²) in [5.41, 5.74) is 0. The molecule has 4 heteroatoms. The predicted molar refractivity (Wildman–Crippen MR) is 90.4 cm³/mol. The average Bonchev–Trinajstić information content (AvgIpc) is 2.43. The van der Waals surface area contributed by atoms with Crippen LogP contribution < -0.4 is 4.90 Å². The third-order valence-corrected chi connectivity index (χ3v) is 4.21. The van der Waals surface area contributed by atoms with Crippen LogP contribution in [0.1, 0.15) is 19.8 Å². The van der Waals surface area contributed by atoms with Crippen LogP contribution in [-0.2, 0) is 0 Å². The van der Waals surface area contributed by atoms with Crippen LogP contribution in [0.5, 0.6) is 0 Å². The van der Waals surface area contributed by atoms with Gasteiger partial charge in [0.15, 0.2) is 0 Å². The molecule has 1 heterocycles. The molecular weight excluding hydrogens is 368 g/mol. The second-order valence-electron chi connectivity index (χ2n) is 4.50. The molecule has 0 spiro atoms. The number of pyridine rings is 1. The van der Waals surface area contributed by atoms with Crippen molar-refractivity contribution in [1.82, 2.24) is 4.98 Å². The molecule has 0 bridgehead atoms. The second-order valence-corrected chi connectivity index (χ2v) is 6.15. The number of hydrogen-bond acceptors (Lipinski definition) is 2. The lowest BCUT2D eigenvalue weighted by Gasteiger charge is -2.24. The summed E-state index contributed by atoms with van der Waals surface area (Å²) in [5.74, 6) is 1.09. The Hall–Kier alpha value is -0.610. The third kappa shape index (κ3) is 3.48. The topological polar surface area (TPSA) is 16.1 Å². The van der Waals surface area contributed by atoms with E-state index >= 15 is 0 Å². The van der Waals surface area contributed by atoms with Crippen molar-refractivity contribution in [2.75, 3.05) is 23.3 Å². The van der Waals surface area contributed by atoms with Gasteiger partial charge >= 0.3 is 0 Å². The molecule has 0 saturated carbocycles. The molecule has 19 heavy (non-hydrogen) atoms.